The number of hydrogen-bond donors (Lipinski definition) is 4. The summed E-state index contributed by atoms with van der Waals surface area (Å²) in [6.07, 6.45) is 3.81. The maximum absolute atomic E-state index is 13.3. The van der Waals surface area contributed by atoms with E-state index in [4.69, 9.17) is 0 Å². The van der Waals surface area contributed by atoms with Gasteiger partial charge in [0.15, 0.2) is 15.0 Å². The van der Waals surface area contributed by atoms with Crippen LogP contribution in [-0.2, 0) is 32.9 Å². The fraction of sp³-hybridized carbons (Fsp3) is 0.444. The van der Waals surface area contributed by atoms with Crippen LogP contribution in [0.1, 0.15) is 73.5 Å². The fourth-order valence-electron chi connectivity index (χ4n) is 8.55. The lowest BCUT2D eigenvalue weighted by molar-refractivity contribution is -0.130. The summed E-state index contributed by atoms with van der Waals surface area (Å²) < 4.78 is 28.7. The van der Waals surface area contributed by atoms with Gasteiger partial charge in [0.1, 0.15) is 12.3 Å². The van der Waals surface area contributed by atoms with Crippen molar-refractivity contribution in [2.75, 3.05) is 50.0 Å². The van der Waals surface area contributed by atoms with E-state index in [2.05, 4.69) is 56.0 Å². The number of fused-ring (bicyclic) bond motifs is 1. The van der Waals surface area contributed by atoms with Crippen LogP contribution in [0.5, 0.6) is 0 Å². The van der Waals surface area contributed by atoms with Gasteiger partial charge in [0.2, 0.25) is 11.8 Å². The maximum Gasteiger partial charge on any atom is 0.329 e. The lowest BCUT2D eigenvalue weighted by atomic mass is 9.95. The topological polar surface area (TPSA) is 188 Å². The van der Waals surface area contributed by atoms with Gasteiger partial charge in [0.25, 0.3) is 5.91 Å². The number of rotatable bonds is 15. The quantitative estimate of drug-likeness (QED) is 0.113. The number of nitrogens with zero attached hydrogens (tertiary/aromatic N) is 5. The molecule has 2 fully saturated rings. The number of sulfone groups is 1. The number of aliphatic hydroxyl groups is 1. The normalized spacial score (nSPS) is 17.5. The van der Waals surface area contributed by atoms with Crippen LogP contribution in [0.15, 0.2) is 75.7 Å². The Morgan fingerprint density at radius 1 is 1.03 bits per heavy atom. The van der Waals surface area contributed by atoms with Crippen LogP contribution in [0.2, 0.25) is 0 Å². The second-order valence-electron chi connectivity index (χ2n) is 16.8. The minimum atomic E-state index is -3.58. The van der Waals surface area contributed by atoms with Gasteiger partial charge in [0.05, 0.1) is 33.4 Å². The van der Waals surface area contributed by atoms with Gasteiger partial charge in [-0.15, -0.1) is 11.3 Å². The van der Waals surface area contributed by atoms with Crippen molar-refractivity contribution in [3.63, 3.8) is 0 Å². The SMILES string of the molecule is Cc1ccc(C(=O)NCC(=O)Nc2nc(-c3cccc(N4CCC(CN(C)CCCc5cccc6c5n(C)c(=O)n6C5CCC(O)NC5=O)CC4)c3)cs2)cc1S(=O)(=O)C(C)C. The molecule has 7 rings (SSSR count). The summed E-state index contributed by atoms with van der Waals surface area (Å²) in [4.78, 5) is 61.2. The number of hydrogen-bond acceptors (Lipinski definition) is 11. The number of aliphatic hydroxyl groups excluding tert-OH is 1. The zero-order valence-corrected chi connectivity index (χ0v) is 37.5. The Bertz CT molecular complexity index is 2630. The van der Waals surface area contributed by atoms with Crippen LogP contribution in [-0.4, -0.2) is 102 Å². The molecule has 0 saturated carbocycles. The summed E-state index contributed by atoms with van der Waals surface area (Å²) in [6.45, 7) is 8.37. The smallest absolute Gasteiger partial charge is 0.329 e. The fourth-order valence-corrected chi connectivity index (χ4v) is 10.6. The van der Waals surface area contributed by atoms with E-state index in [0.717, 1.165) is 85.4 Å². The first-order valence-electron chi connectivity index (χ1n) is 21.2. The highest BCUT2D eigenvalue weighted by Gasteiger charge is 2.32. The molecule has 4 heterocycles. The molecule has 2 aliphatic heterocycles. The minimum Gasteiger partial charge on any atom is -0.374 e. The third-order valence-corrected chi connectivity index (χ3v) is 15.1. The number of benzene rings is 3. The van der Waals surface area contributed by atoms with Gasteiger partial charge in [-0.25, -0.2) is 18.2 Å². The lowest BCUT2D eigenvalue weighted by Gasteiger charge is -2.35. The highest BCUT2D eigenvalue weighted by molar-refractivity contribution is 7.92. The van der Waals surface area contributed by atoms with Gasteiger partial charge >= 0.3 is 5.69 Å². The van der Waals surface area contributed by atoms with Crippen LogP contribution >= 0.6 is 11.3 Å². The Morgan fingerprint density at radius 3 is 2.53 bits per heavy atom. The van der Waals surface area contributed by atoms with E-state index in [-0.39, 0.29) is 28.6 Å². The van der Waals surface area contributed by atoms with Crippen molar-refractivity contribution in [3.8, 4) is 11.3 Å². The van der Waals surface area contributed by atoms with E-state index in [0.29, 0.717) is 29.5 Å². The molecule has 330 valence electrons. The van der Waals surface area contributed by atoms with Crippen LogP contribution in [0, 0.1) is 12.8 Å². The Morgan fingerprint density at radius 2 is 1.79 bits per heavy atom. The predicted molar refractivity (Wildman–Crippen MR) is 242 cm³/mol. The average Bonchev–Trinajstić information content (AvgIpc) is 3.81. The van der Waals surface area contributed by atoms with Gasteiger partial charge in [0, 0.05) is 48.9 Å². The lowest BCUT2D eigenvalue weighted by Crippen LogP contribution is -2.46. The molecule has 2 aliphatic rings. The molecule has 15 nitrogen and oxygen atoms in total. The summed E-state index contributed by atoms with van der Waals surface area (Å²) in [7, 11) is 0.352. The second-order valence-corrected chi connectivity index (χ2v) is 20.1. The summed E-state index contributed by atoms with van der Waals surface area (Å²) in [5.41, 5.74) is 5.97. The molecule has 3 aromatic carbocycles. The number of nitrogens with one attached hydrogen (secondary N) is 3. The van der Waals surface area contributed by atoms with E-state index < -0.39 is 39.2 Å². The van der Waals surface area contributed by atoms with E-state index in [1.54, 1.807) is 49.1 Å². The highest BCUT2D eigenvalue weighted by Crippen LogP contribution is 2.31. The largest absolute Gasteiger partial charge is 0.374 e. The first-order valence-corrected chi connectivity index (χ1v) is 23.6. The van der Waals surface area contributed by atoms with Gasteiger partial charge in [-0.1, -0.05) is 30.3 Å². The number of para-hydroxylation sites is 1. The van der Waals surface area contributed by atoms with Crippen LogP contribution in [0.4, 0.5) is 10.8 Å². The molecular formula is C45H56N8O7S2. The average molecular weight is 885 g/mol. The van der Waals surface area contributed by atoms with Crippen molar-refractivity contribution in [2.45, 2.75) is 81.7 Å². The third kappa shape index (κ3) is 9.80. The molecule has 17 heteroatoms. The Labute approximate surface area is 366 Å². The molecule has 2 aromatic heterocycles. The second kappa shape index (κ2) is 18.9. The number of aryl methyl sites for hydroxylation is 3. The highest BCUT2D eigenvalue weighted by atomic mass is 32.2. The zero-order valence-electron chi connectivity index (χ0n) is 35.9. The van der Waals surface area contributed by atoms with Crippen molar-refractivity contribution < 1.29 is 27.9 Å². The molecular weight excluding hydrogens is 829 g/mol. The molecule has 2 unspecified atom stereocenters. The van der Waals surface area contributed by atoms with Gasteiger partial charge in [-0.2, -0.15) is 0 Å². The number of thiazole rings is 1. The number of aromatic nitrogens is 3. The number of carbonyl (C=O) groups is 3. The van der Waals surface area contributed by atoms with Crippen molar-refractivity contribution >= 4 is 60.7 Å². The molecule has 0 radical (unpaired) electrons. The molecule has 0 bridgehead atoms. The molecule has 0 aliphatic carbocycles. The summed E-state index contributed by atoms with van der Waals surface area (Å²) in [6, 6.07) is 18.0. The van der Waals surface area contributed by atoms with E-state index in [9.17, 15) is 32.7 Å². The number of carbonyl (C=O) groups excluding carboxylic acids is 3. The zero-order chi connectivity index (χ0) is 44.3. The maximum atomic E-state index is 13.3. The monoisotopic (exact) mass is 884 g/mol. The van der Waals surface area contributed by atoms with Gasteiger partial charge < -0.3 is 30.9 Å². The van der Waals surface area contributed by atoms with Crippen LogP contribution in [0.25, 0.3) is 22.3 Å². The standard InChI is InChI=1S/C45H56N8O7S2/c1-28(2)62(59,60)38-24-33(15-14-29(38)3)42(56)46-25-40(55)49-44-47-35(27-61-44)32-10-6-12-34(23-32)52-21-18-30(19-22-52)26-50(4)20-8-11-31-9-7-13-36-41(31)51(5)45(58)53(36)37-16-17-39(54)48-43(37)57/h6-7,9-10,12-15,23-24,27-28,30,37,39,54H,8,11,16-22,25-26H2,1-5H3,(H,46,56)(H,48,57)(H,47,49,55). The minimum absolute atomic E-state index is 0.105. The molecule has 2 atom stereocenters. The molecule has 4 N–H and O–H groups in total. The molecule has 0 spiro atoms. The Kier molecular flexibility index (Phi) is 13.7. The number of anilines is 2. The van der Waals surface area contributed by atoms with E-state index in [1.807, 2.05) is 29.6 Å². The Hall–Kier alpha value is -5.36. The summed E-state index contributed by atoms with van der Waals surface area (Å²) in [5, 5.41) is 19.4. The number of imidazole rings is 1. The summed E-state index contributed by atoms with van der Waals surface area (Å²) in [5.74, 6) is -0.755. The molecule has 62 heavy (non-hydrogen) atoms. The molecule has 2 saturated heterocycles. The predicted octanol–water partition coefficient (Wildman–Crippen LogP) is 4.87. The van der Waals surface area contributed by atoms with Crippen molar-refractivity contribution in [1.82, 2.24) is 29.7 Å². The van der Waals surface area contributed by atoms with Gasteiger partial charge in [-0.3, -0.25) is 23.5 Å². The molecule has 3 amide bonds. The Balaban J connectivity index is 0.868. The van der Waals surface area contributed by atoms with Crippen LogP contribution in [0.3, 0.4) is 0 Å². The molecule has 5 aromatic rings. The summed E-state index contributed by atoms with van der Waals surface area (Å²) >= 11 is 1.30. The van der Waals surface area contributed by atoms with E-state index >= 15 is 0 Å². The first kappa shape index (κ1) is 44.7. The number of piperidine rings is 2. The first-order chi connectivity index (χ1) is 29.6. The third-order valence-electron chi connectivity index (χ3n) is 12.0. The van der Waals surface area contributed by atoms with Crippen molar-refractivity contribution in [1.29, 1.82) is 0 Å². The van der Waals surface area contributed by atoms with Gasteiger partial charge in [-0.05, 0) is 120 Å². The van der Waals surface area contributed by atoms with E-state index in [1.165, 1.54) is 17.4 Å². The van der Waals surface area contributed by atoms with Crippen molar-refractivity contribution in [2.24, 2.45) is 13.0 Å². The van der Waals surface area contributed by atoms with Crippen LogP contribution < -0.4 is 26.5 Å². The van der Waals surface area contributed by atoms with Crippen molar-refractivity contribution in [3.05, 3.63) is 93.2 Å². The number of amides is 3.